The quantitative estimate of drug-likeness (QED) is 0.632. The molecule has 3 N–H and O–H groups in total. The maximum atomic E-state index is 11.4. The highest BCUT2D eigenvalue weighted by molar-refractivity contribution is 5.23. The number of aliphatic hydroxyl groups excluding tert-OH is 1. The van der Waals surface area contributed by atoms with Crippen LogP contribution in [0, 0.1) is 0 Å². The normalized spacial score (nSPS) is 25.7. The maximum absolute atomic E-state index is 11.4. The predicted octanol–water partition coefficient (Wildman–Crippen LogP) is -1.31. The van der Waals surface area contributed by atoms with Crippen LogP contribution in [0.15, 0.2) is 17.1 Å². The second kappa shape index (κ2) is 3.97. The zero-order chi connectivity index (χ0) is 10.8. The monoisotopic (exact) mass is 213 g/mol. The third-order valence-corrected chi connectivity index (χ3v) is 2.04. The van der Waals surface area contributed by atoms with Crippen molar-refractivity contribution in [3.05, 3.63) is 22.7 Å². The fraction of sp³-hybridized carbons (Fsp3) is 0.500. The summed E-state index contributed by atoms with van der Waals surface area (Å²) in [5.74, 6) is 0.161. The molecule has 7 heteroatoms. The summed E-state index contributed by atoms with van der Waals surface area (Å²) in [5, 5.41) is 8.77. The van der Waals surface area contributed by atoms with Crippen LogP contribution in [0.5, 0.6) is 0 Å². The highest BCUT2D eigenvalue weighted by Crippen LogP contribution is 2.18. The molecule has 2 rings (SSSR count). The fourth-order valence-electron chi connectivity index (χ4n) is 1.33. The summed E-state index contributed by atoms with van der Waals surface area (Å²) in [5.41, 5.74) is 4.85. The van der Waals surface area contributed by atoms with Gasteiger partial charge in [-0.3, -0.25) is 4.57 Å². The van der Waals surface area contributed by atoms with E-state index < -0.39 is 18.2 Å². The van der Waals surface area contributed by atoms with Crippen molar-refractivity contribution in [2.24, 2.45) is 0 Å². The van der Waals surface area contributed by atoms with Crippen LogP contribution < -0.4 is 11.4 Å². The Kier molecular flexibility index (Phi) is 2.67. The Labute approximate surface area is 85.1 Å². The molecule has 0 aliphatic carbocycles. The topological polar surface area (TPSA) is 99.6 Å². The molecule has 0 aromatic carbocycles. The van der Waals surface area contributed by atoms with Crippen molar-refractivity contribution in [1.82, 2.24) is 9.55 Å². The van der Waals surface area contributed by atoms with E-state index in [0.717, 1.165) is 0 Å². The lowest BCUT2D eigenvalue weighted by atomic mass is 10.5. The number of ether oxygens (including phenoxy) is 2. The number of rotatable bonds is 2. The SMILES string of the molecule is Nc1ccn(C2CO[C@H](CO)O2)c(=O)n1. The van der Waals surface area contributed by atoms with Gasteiger partial charge in [-0.2, -0.15) is 4.98 Å². The molecule has 1 aromatic heterocycles. The molecule has 0 radical (unpaired) electrons. The van der Waals surface area contributed by atoms with Crippen LogP contribution in [-0.4, -0.2) is 34.2 Å². The van der Waals surface area contributed by atoms with Crippen molar-refractivity contribution in [2.45, 2.75) is 12.5 Å². The standard InChI is InChI=1S/C8H11N3O4/c9-5-1-2-11(8(13)10-5)6-4-14-7(3-12)15-6/h1-2,6-7,12H,3-4H2,(H2,9,10,13)/t6?,7-/m0/s1. The van der Waals surface area contributed by atoms with E-state index in [1.54, 1.807) is 0 Å². The first-order chi connectivity index (χ1) is 7.20. The van der Waals surface area contributed by atoms with E-state index in [9.17, 15) is 4.79 Å². The molecule has 1 fully saturated rings. The van der Waals surface area contributed by atoms with E-state index in [2.05, 4.69) is 4.98 Å². The molecule has 82 valence electrons. The van der Waals surface area contributed by atoms with E-state index >= 15 is 0 Å². The van der Waals surface area contributed by atoms with Crippen LogP contribution in [0.1, 0.15) is 6.23 Å². The lowest BCUT2D eigenvalue weighted by Gasteiger charge is -2.11. The van der Waals surface area contributed by atoms with Gasteiger partial charge >= 0.3 is 5.69 Å². The van der Waals surface area contributed by atoms with E-state index in [-0.39, 0.29) is 19.0 Å². The molecule has 1 unspecified atom stereocenters. The summed E-state index contributed by atoms with van der Waals surface area (Å²) in [7, 11) is 0. The molecule has 1 aliphatic rings. The van der Waals surface area contributed by atoms with Gasteiger partial charge in [0.1, 0.15) is 5.82 Å². The highest BCUT2D eigenvalue weighted by atomic mass is 16.7. The number of hydrogen-bond donors (Lipinski definition) is 2. The smallest absolute Gasteiger partial charge is 0.351 e. The largest absolute Gasteiger partial charge is 0.391 e. The van der Waals surface area contributed by atoms with Crippen molar-refractivity contribution >= 4 is 5.82 Å². The number of anilines is 1. The fourth-order valence-corrected chi connectivity index (χ4v) is 1.33. The summed E-state index contributed by atoms with van der Waals surface area (Å²) in [6, 6.07) is 1.50. The Bertz CT molecular complexity index is 405. The minimum atomic E-state index is -0.681. The summed E-state index contributed by atoms with van der Waals surface area (Å²) in [6.45, 7) is -0.0373. The number of aromatic nitrogens is 2. The molecule has 0 spiro atoms. The minimum Gasteiger partial charge on any atom is -0.391 e. The molecular formula is C8H11N3O4. The number of aliphatic hydroxyl groups is 1. The van der Waals surface area contributed by atoms with E-state index in [4.69, 9.17) is 20.3 Å². The van der Waals surface area contributed by atoms with Crippen molar-refractivity contribution in [1.29, 1.82) is 0 Å². The molecule has 2 atom stereocenters. The molecule has 15 heavy (non-hydrogen) atoms. The lowest BCUT2D eigenvalue weighted by Crippen LogP contribution is -2.28. The van der Waals surface area contributed by atoms with Gasteiger partial charge in [-0.05, 0) is 6.07 Å². The van der Waals surface area contributed by atoms with Gasteiger partial charge in [-0.1, -0.05) is 0 Å². The van der Waals surface area contributed by atoms with Crippen molar-refractivity contribution in [3.63, 3.8) is 0 Å². The second-order valence-electron chi connectivity index (χ2n) is 3.08. The zero-order valence-corrected chi connectivity index (χ0v) is 7.87. The third-order valence-electron chi connectivity index (χ3n) is 2.04. The average molecular weight is 213 g/mol. The first-order valence-electron chi connectivity index (χ1n) is 4.43. The number of nitrogens with zero attached hydrogens (tertiary/aromatic N) is 2. The Balaban J connectivity index is 2.20. The average Bonchev–Trinajstić information content (AvgIpc) is 2.66. The van der Waals surface area contributed by atoms with E-state index in [0.29, 0.717) is 0 Å². The Morgan fingerprint density at radius 1 is 1.73 bits per heavy atom. The molecular weight excluding hydrogens is 202 g/mol. The van der Waals surface area contributed by atoms with E-state index in [1.807, 2.05) is 0 Å². The van der Waals surface area contributed by atoms with Gasteiger partial charge in [0.25, 0.3) is 0 Å². The third kappa shape index (κ3) is 1.99. The van der Waals surface area contributed by atoms with Crippen LogP contribution in [0.25, 0.3) is 0 Å². The number of hydrogen-bond acceptors (Lipinski definition) is 6. The number of nitrogen functional groups attached to an aromatic ring is 1. The summed E-state index contributed by atoms with van der Waals surface area (Å²) in [6.07, 6.45) is 0.250. The first kappa shape index (κ1) is 10.1. The predicted molar refractivity (Wildman–Crippen MR) is 49.9 cm³/mol. The Hall–Kier alpha value is -1.44. The molecule has 7 nitrogen and oxygen atoms in total. The molecule has 1 aliphatic heterocycles. The van der Waals surface area contributed by atoms with Crippen molar-refractivity contribution < 1.29 is 14.6 Å². The van der Waals surface area contributed by atoms with Crippen LogP contribution >= 0.6 is 0 Å². The maximum Gasteiger partial charge on any atom is 0.351 e. The van der Waals surface area contributed by atoms with Gasteiger partial charge < -0.3 is 20.3 Å². The summed E-state index contributed by atoms with van der Waals surface area (Å²) >= 11 is 0. The molecule has 1 aromatic rings. The van der Waals surface area contributed by atoms with Crippen LogP contribution in [-0.2, 0) is 9.47 Å². The van der Waals surface area contributed by atoms with Gasteiger partial charge in [0, 0.05) is 6.20 Å². The van der Waals surface area contributed by atoms with Gasteiger partial charge in [-0.25, -0.2) is 4.79 Å². The highest BCUT2D eigenvalue weighted by Gasteiger charge is 2.27. The number of nitrogens with two attached hydrogens (primary N) is 1. The van der Waals surface area contributed by atoms with Crippen LogP contribution in [0.3, 0.4) is 0 Å². The van der Waals surface area contributed by atoms with E-state index in [1.165, 1.54) is 16.8 Å². The van der Waals surface area contributed by atoms with Gasteiger partial charge in [0.2, 0.25) is 0 Å². The minimum absolute atomic E-state index is 0.161. The summed E-state index contributed by atoms with van der Waals surface area (Å²) < 4.78 is 11.6. The molecule has 2 heterocycles. The van der Waals surface area contributed by atoms with Crippen molar-refractivity contribution in [2.75, 3.05) is 18.9 Å². The first-order valence-corrected chi connectivity index (χ1v) is 4.43. The molecule has 0 bridgehead atoms. The molecule has 0 amide bonds. The lowest BCUT2D eigenvalue weighted by molar-refractivity contribution is -0.0992. The summed E-state index contributed by atoms with van der Waals surface area (Å²) in [4.78, 5) is 15.0. The second-order valence-corrected chi connectivity index (χ2v) is 3.08. The zero-order valence-electron chi connectivity index (χ0n) is 7.87. The Morgan fingerprint density at radius 2 is 2.53 bits per heavy atom. The molecule has 0 saturated carbocycles. The van der Waals surface area contributed by atoms with Crippen LogP contribution in [0.2, 0.25) is 0 Å². The van der Waals surface area contributed by atoms with Crippen molar-refractivity contribution in [3.8, 4) is 0 Å². The van der Waals surface area contributed by atoms with Gasteiger partial charge in [-0.15, -0.1) is 0 Å². The van der Waals surface area contributed by atoms with Crippen LogP contribution in [0.4, 0.5) is 5.82 Å². The van der Waals surface area contributed by atoms with Gasteiger partial charge in [0.05, 0.1) is 13.2 Å². The molecule has 1 saturated heterocycles. The Morgan fingerprint density at radius 3 is 3.13 bits per heavy atom. The van der Waals surface area contributed by atoms with Gasteiger partial charge in [0.15, 0.2) is 12.5 Å².